The minimum atomic E-state index is -0.433. The van der Waals surface area contributed by atoms with Gasteiger partial charge in [0.25, 0.3) is 0 Å². The summed E-state index contributed by atoms with van der Waals surface area (Å²) in [4.78, 5) is 6.16. The molecule has 0 aromatic carbocycles. The Morgan fingerprint density at radius 3 is 3.18 bits per heavy atom. The van der Waals surface area contributed by atoms with Crippen molar-refractivity contribution < 1.29 is 4.39 Å². The van der Waals surface area contributed by atoms with Crippen molar-refractivity contribution in [2.24, 2.45) is 0 Å². The molecule has 0 saturated carbocycles. The number of hydrogen-bond donors (Lipinski definition) is 1. The highest BCUT2D eigenvalue weighted by molar-refractivity contribution is 6.29. The van der Waals surface area contributed by atoms with E-state index in [1.54, 1.807) is 6.20 Å². The lowest BCUT2D eigenvalue weighted by Gasteiger charge is -2.38. The van der Waals surface area contributed by atoms with Crippen LogP contribution in [0.2, 0.25) is 5.15 Å². The van der Waals surface area contributed by atoms with E-state index in [-0.39, 0.29) is 5.15 Å². The van der Waals surface area contributed by atoms with Crippen molar-refractivity contribution in [3.8, 4) is 0 Å². The van der Waals surface area contributed by atoms with Crippen molar-refractivity contribution in [1.82, 2.24) is 10.3 Å². The average molecular weight is 256 g/mol. The Balaban J connectivity index is 1.89. The van der Waals surface area contributed by atoms with Crippen molar-refractivity contribution in [3.63, 3.8) is 0 Å². The minimum Gasteiger partial charge on any atom is -0.366 e. The van der Waals surface area contributed by atoms with Crippen LogP contribution in [0.3, 0.4) is 0 Å². The number of nitrogens with one attached hydrogen (secondary N) is 1. The van der Waals surface area contributed by atoms with Crippen LogP contribution in [-0.4, -0.2) is 30.2 Å². The summed E-state index contributed by atoms with van der Waals surface area (Å²) in [5.41, 5.74) is 0.852. The third-order valence-corrected chi connectivity index (χ3v) is 4.02. The molecule has 92 valence electrons. The molecule has 2 saturated heterocycles. The summed E-state index contributed by atoms with van der Waals surface area (Å²) in [7, 11) is 0. The number of halogens is 2. The summed E-state index contributed by atoms with van der Waals surface area (Å²) < 4.78 is 13.4. The van der Waals surface area contributed by atoms with Crippen LogP contribution in [0.1, 0.15) is 19.3 Å². The fourth-order valence-electron chi connectivity index (χ4n) is 2.96. The standard InChI is InChI=1S/C12H15ClFN3/c13-12-9(14)6-8(7-16-12)17-5-1-2-10-11(17)3-4-15-10/h6-7,10-11,15H,1-5H2. The van der Waals surface area contributed by atoms with E-state index in [0.29, 0.717) is 12.1 Å². The SMILES string of the molecule is Fc1cc(N2CCCC3NCCC32)cnc1Cl. The topological polar surface area (TPSA) is 28.2 Å². The third kappa shape index (κ3) is 2.00. The van der Waals surface area contributed by atoms with Gasteiger partial charge in [-0.25, -0.2) is 9.37 Å². The number of aromatic nitrogens is 1. The van der Waals surface area contributed by atoms with Gasteiger partial charge in [-0.15, -0.1) is 0 Å². The molecule has 17 heavy (non-hydrogen) atoms. The zero-order chi connectivity index (χ0) is 11.8. The molecule has 3 heterocycles. The number of anilines is 1. The van der Waals surface area contributed by atoms with E-state index in [1.807, 2.05) is 0 Å². The molecule has 0 aliphatic carbocycles. The van der Waals surface area contributed by atoms with Crippen LogP contribution in [0.4, 0.5) is 10.1 Å². The van der Waals surface area contributed by atoms with Gasteiger partial charge in [0.15, 0.2) is 11.0 Å². The zero-order valence-electron chi connectivity index (χ0n) is 9.50. The first-order valence-corrected chi connectivity index (χ1v) is 6.44. The van der Waals surface area contributed by atoms with Crippen molar-refractivity contribution in [2.75, 3.05) is 18.0 Å². The Morgan fingerprint density at radius 1 is 1.47 bits per heavy atom. The van der Waals surface area contributed by atoms with Crippen LogP contribution < -0.4 is 10.2 Å². The van der Waals surface area contributed by atoms with Crippen LogP contribution in [0.15, 0.2) is 12.3 Å². The average Bonchev–Trinajstić information content (AvgIpc) is 2.80. The second kappa shape index (κ2) is 4.42. The summed E-state index contributed by atoms with van der Waals surface area (Å²) in [6, 6.07) is 2.52. The molecular formula is C12H15ClFN3. The highest BCUT2D eigenvalue weighted by atomic mass is 35.5. The van der Waals surface area contributed by atoms with E-state index in [2.05, 4.69) is 15.2 Å². The maximum atomic E-state index is 13.4. The van der Waals surface area contributed by atoms with E-state index in [4.69, 9.17) is 11.6 Å². The second-order valence-corrected chi connectivity index (χ2v) is 5.08. The first-order valence-electron chi connectivity index (χ1n) is 6.07. The molecule has 2 aliphatic rings. The van der Waals surface area contributed by atoms with Crippen LogP contribution in [0.5, 0.6) is 0 Å². The molecule has 3 nitrogen and oxygen atoms in total. The molecule has 0 spiro atoms. The molecule has 1 N–H and O–H groups in total. The Labute approximate surface area is 105 Å². The van der Waals surface area contributed by atoms with E-state index in [0.717, 1.165) is 31.6 Å². The minimum absolute atomic E-state index is 0.0492. The molecule has 1 aromatic heterocycles. The van der Waals surface area contributed by atoms with Gasteiger partial charge >= 0.3 is 0 Å². The van der Waals surface area contributed by atoms with Crippen molar-refractivity contribution in [3.05, 3.63) is 23.2 Å². The molecule has 2 aliphatic heterocycles. The van der Waals surface area contributed by atoms with Gasteiger partial charge in [-0.1, -0.05) is 11.6 Å². The molecular weight excluding hydrogens is 241 g/mol. The predicted octanol–water partition coefficient (Wildman–Crippen LogP) is 2.20. The lowest BCUT2D eigenvalue weighted by molar-refractivity contribution is 0.411. The molecule has 5 heteroatoms. The van der Waals surface area contributed by atoms with Gasteiger partial charge in [0, 0.05) is 24.7 Å². The fraction of sp³-hybridized carbons (Fsp3) is 0.583. The predicted molar refractivity (Wildman–Crippen MR) is 66.0 cm³/mol. The lowest BCUT2D eigenvalue weighted by atomic mass is 9.97. The summed E-state index contributed by atoms with van der Waals surface area (Å²) in [5.74, 6) is -0.433. The van der Waals surface area contributed by atoms with Crippen LogP contribution in [0.25, 0.3) is 0 Å². The monoisotopic (exact) mass is 255 g/mol. The van der Waals surface area contributed by atoms with Crippen molar-refractivity contribution in [1.29, 1.82) is 0 Å². The van der Waals surface area contributed by atoms with Gasteiger partial charge < -0.3 is 10.2 Å². The number of fused-ring (bicyclic) bond motifs is 1. The number of piperidine rings is 1. The lowest BCUT2D eigenvalue weighted by Crippen LogP contribution is -2.48. The van der Waals surface area contributed by atoms with Gasteiger partial charge in [0.05, 0.1) is 11.9 Å². The first-order chi connectivity index (χ1) is 8.25. The molecule has 3 rings (SSSR count). The quantitative estimate of drug-likeness (QED) is 0.780. The maximum absolute atomic E-state index is 13.4. The molecule has 0 radical (unpaired) electrons. The van der Waals surface area contributed by atoms with Gasteiger partial charge in [0.1, 0.15) is 0 Å². The van der Waals surface area contributed by atoms with E-state index >= 15 is 0 Å². The van der Waals surface area contributed by atoms with Gasteiger partial charge in [-0.2, -0.15) is 0 Å². The number of nitrogens with zero attached hydrogens (tertiary/aromatic N) is 2. The van der Waals surface area contributed by atoms with Crippen LogP contribution in [0, 0.1) is 5.82 Å². The number of hydrogen-bond acceptors (Lipinski definition) is 3. The van der Waals surface area contributed by atoms with Crippen molar-refractivity contribution in [2.45, 2.75) is 31.3 Å². The first kappa shape index (κ1) is 11.2. The normalized spacial score (nSPS) is 28.2. The van der Waals surface area contributed by atoms with Crippen LogP contribution in [-0.2, 0) is 0 Å². The molecule has 2 unspecified atom stereocenters. The van der Waals surface area contributed by atoms with Crippen LogP contribution >= 0.6 is 11.6 Å². The summed E-state index contributed by atoms with van der Waals surface area (Å²) in [5, 5.41) is 3.45. The number of rotatable bonds is 1. The second-order valence-electron chi connectivity index (χ2n) is 4.72. The third-order valence-electron chi connectivity index (χ3n) is 3.74. The summed E-state index contributed by atoms with van der Waals surface area (Å²) in [6.07, 6.45) is 5.14. The fourth-order valence-corrected chi connectivity index (χ4v) is 3.06. The molecule has 2 fully saturated rings. The zero-order valence-corrected chi connectivity index (χ0v) is 10.3. The Kier molecular flexibility index (Phi) is 2.92. The Hall–Kier alpha value is -0.870. The summed E-state index contributed by atoms with van der Waals surface area (Å²) >= 11 is 5.61. The highest BCUT2D eigenvalue weighted by Crippen LogP contribution is 2.30. The highest BCUT2D eigenvalue weighted by Gasteiger charge is 2.35. The Morgan fingerprint density at radius 2 is 2.35 bits per heavy atom. The van der Waals surface area contributed by atoms with E-state index in [9.17, 15) is 4.39 Å². The summed E-state index contributed by atoms with van der Waals surface area (Å²) in [6.45, 7) is 2.03. The molecule has 2 atom stereocenters. The molecule has 1 aromatic rings. The van der Waals surface area contributed by atoms with E-state index < -0.39 is 5.82 Å². The smallest absolute Gasteiger partial charge is 0.164 e. The maximum Gasteiger partial charge on any atom is 0.164 e. The van der Waals surface area contributed by atoms with Gasteiger partial charge in [-0.3, -0.25) is 0 Å². The van der Waals surface area contributed by atoms with E-state index in [1.165, 1.54) is 12.5 Å². The van der Waals surface area contributed by atoms with Crippen molar-refractivity contribution >= 4 is 17.3 Å². The van der Waals surface area contributed by atoms with Gasteiger partial charge in [-0.05, 0) is 25.8 Å². The number of pyridine rings is 1. The Bertz CT molecular complexity index is 426. The largest absolute Gasteiger partial charge is 0.366 e. The molecule has 0 bridgehead atoms. The molecule has 0 amide bonds. The van der Waals surface area contributed by atoms with Gasteiger partial charge in [0.2, 0.25) is 0 Å².